The fourth-order valence-corrected chi connectivity index (χ4v) is 4.98. The average molecular weight is 417 g/mol. The van der Waals surface area contributed by atoms with Gasteiger partial charge in [-0.1, -0.05) is 13.0 Å². The van der Waals surface area contributed by atoms with Crippen LogP contribution < -0.4 is 5.32 Å². The van der Waals surface area contributed by atoms with Crippen molar-refractivity contribution in [1.29, 1.82) is 0 Å². The summed E-state index contributed by atoms with van der Waals surface area (Å²) >= 11 is 0. The molecule has 7 heteroatoms. The minimum atomic E-state index is -0.347. The van der Waals surface area contributed by atoms with Crippen LogP contribution in [0.15, 0.2) is 6.08 Å². The number of ether oxygens (including phenoxy) is 2. The lowest BCUT2D eigenvalue weighted by molar-refractivity contribution is -0.146. The first-order valence-electron chi connectivity index (χ1n) is 11.4. The molecule has 0 bridgehead atoms. The van der Waals surface area contributed by atoms with Gasteiger partial charge >= 0.3 is 0 Å². The molecule has 4 rings (SSSR count). The Morgan fingerprint density at radius 3 is 2.87 bits per heavy atom. The molecule has 1 amide bonds. The number of fused-ring (bicyclic) bond motifs is 1. The Kier molecular flexibility index (Phi) is 6.60. The molecule has 1 aromatic rings. The number of carbonyl (C=O) groups excluding carboxylic acids is 1. The standard InChI is InChI=1S/C23H36N4O3/c1-15-12-18(14-26(19-6-7-19)23(28)20-13-24-8-11-30-20)16(2)22-21(15)17(3)25-27(22)9-5-10-29-4/h12,16,18-20,24H,5-11,13-14H2,1-4H3. The van der Waals surface area contributed by atoms with Gasteiger partial charge in [-0.25, -0.2) is 0 Å². The molecular weight excluding hydrogens is 380 g/mol. The summed E-state index contributed by atoms with van der Waals surface area (Å²) in [5.41, 5.74) is 4.98. The molecule has 0 radical (unpaired) electrons. The third kappa shape index (κ3) is 4.34. The molecule has 3 aliphatic rings. The zero-order chi connectivity index (χ0) is 21.3. The van der Waals surface area contributed by atoms with Gasteiger partial charge in [0.1, 0.15) is 6.10 Å². The van der Waals surface area contributed by atoms with Gasteiger partial charge in [0.25, 0.3) is 5.91 Å². The minimum Gasteiger partial charge on any atom is -0.385 e. The molecule has 3 unspecified atom stereocenters. The zero-order valence-corrected chi connectivity index (χ0v) is 18.8. The molecule has 0 aromatic carbocycles. The summed E-state index contributed by atoms with van der Waals surface area (Å²) in [5, 5.41) is 8.14. The van der Waals surface area contributed by atoms with E-state index < -0.39 is 0 Å². The quantitative estimate of drug-likeness (QED) is 0.659. The van der Waals surface area contributed by atoms with E-state index in [0.29, 0.717) is 25.1 Å². The maximum absolute atomic E-state index is 13.2. The van der Waals surface area contributed by atoms with Crippen molar-refractivity contribution in [3.05, 3.63) is 23.0 Å². The minimum absolute atomic E-state index is 0.151. The van der Waals surface area contributed by atoms with E-state index in [1.807, 2.05) is 0 Å². The second-order valence-corrected chi connectivity index (χ2v) is 9.00. The zero-order valence-electron chi connectivity index (χ0n) is 18.8. The Morgan fingerprint density at radius 2 is 2.20 bits per heavy atom. The normalized spacial score (nSPS) is 26.3. The van der Waals surface area contributed by atoms with Crippen LogP contribution >= 0.6 is 0 Å². The molecule has 0 spiro atoms. The summed E-state index contributed by atoms with van der Waals surface area (Å²) in [5.74, 6) is 0.751. The Labute approximate surface area is 179 Å². The van der Waals surface area contributed by atoms with E-state index in [-0.39, 0.29) is 17.9 Å². The van der Waals surface area contributed by atoms with Gasteiger partial charge in [0.05, 0.1) is 12.3 Å². The SMILES string of the molecule is COCCCn1nc(C)c2c1C(C)C(CN(C(=O)C1CNCCO1)C1CC1)C=C2C. The fourth-order valence-electron chi connectivity index (χ4n) is 4.98. The summed E-state index contributed by atoms with van der Waals surface area (Å²) in [6.45, 7) is 11.0. The maximum atomic E-state index is 13.2. The van der Waals surface area contributed by atoms with Crippen LogP contribution in [0.1, 0.15) is 56.0 Å². The van der Waals surface area contributed by atoms with Crippen LogP contribution in [0.2, 0.25) is 0 Å². The molecular formula is C23H36N4O3. The molecule has 3 atom stereocenters. The van der Waals surface area contributed by atoms with Crippen LogP contribution in [0, 0.1) is 12.8 Å². The molecule has 7 nitrogen and oxygen atoms in total. The second-order valence-electron chi connectivity index (χ2n) is 9.00. The van der Waals surface area contributed by atoms with E-state index in [0.717, 1.165) is 51.2 Å². The van der Waals surface area contributed by atoms with Crippen LogP contribution in [0.4, 0.5) is 0 Å². The highest BCUT2D eigenvalue weighted by Crippen LogP contribution is 2.41. The number of allylic oxidation sites excluding steroid dienone is 1. The monoisotopic (exact) mass is 416 g/mol. The molecule has 2 heterocycles. The predicted octanol–water partition coefficient (Wildman–Crippen LogP) is 2.34. The summed E-state index contributed by atoms with van der Waals surface area (Å²) in [4.78, 5) is 15.3. The highest BCUT2D eigenvalue weighted by atomic mass is 16.5. The van der Waals surface area contributed by atoms with Crippen molar-refractivity contribution in [2.75, 3.05) is 40.0 Å². The van der Waals surface area contributed by atoms with Crippen LogP contribution in [0.5, 0.6) is 0 Å². The largest absolute Gasteiger partial charge is 0.385 e. The molecule has 1 aromatic heterocycles. The number of amides is 1. The van der Waals surface area contributed by atoms with E-state index in [9.17, 15) is 4.79 Å². The highest BCUT2D eigenvalue weighted by molar-refractivity contribution is 5.82. The Hall–Kier alpha value is -1.70. The molecule has 1 N–H and O–H groups in total. The van der Waals surface area contributed by atoms with Gasteiger partial charge in [0, 0.05) is 69.0 Å². The van der Waals surface area contributed by atoms with Gasteiger partial charge < -0.3 is 19.7 Å². The van der Waals surface area contributed by atoms with Crippen molar-refractivity contribution in [2.24, 2.45) is 5.92 Å². The number of rotatable bonds is 8. The third-order valence-electron chi connectivity index (χ3n) is 6.70. The van der Waals surface area contributed by atoms with Crippen LogP contribution in [-0.4, -0.2) is 72.7 Å². The van der Waals surface area contributed by atoms with Gasteiger partial charge in [0.2, 0.25) is 0 Å². The maximum Gasteiger partial charge on any atom is 0.253 e. The fraction of sp³-hybridized carbons (Fsp3) is 0.739. The summed E-state index contributed by atoms with van der Waals surface area (Å²) in [6.07, 6.45) is 5.18. The van der Waals surface area contributed by atoms with Crippen LogP contribution in [0.25, 0.3) is 5.57 Å². The lowest BCUT2D eigenvalue weighted by Gasteiger charge is -2.35. The first-order chi connectivity index (χ1) is 14.5. The van der Waals surface area contributed by atoms with Gasteiger partial charge in [-0.15, -0.1) is 0 Å². The lowest BCUT2D eigenvalue weighted by Crippen LogP contribution is -2.51. The van der Waals surface area contributed by atoms with Crippen molar-refractivity contribution in [3.63, 3.8) is 0 Å². The molecule has 1 saturated carbocycles. The number of methoxy groups -OCH3 is 1. The number of nitrogens with one attached hydrogen (secondary N) is 1. The van der Waals surface area contributed by atoms with Crippen molar-refractivity contribution < 1.29 is 14.3 Å². The average Bonchev–Trinajstić information content (AvgIpc) is 3.53. The number of carbonyl (C=O) groups is 1. The molecule has 2 aliphatic carbocycles. The smallest absolute Gasteiger partial charge is 0.253 e. The number of morpholine rings is 1. The second kappa shape index (κ2) is 9.20. The topological polar surface area (TPSA) is 68.6 Å². The van der Waals surface area contributed by atoms with Crippen molar-refractivity contribution in [3.8, 4) is 0 Å². The number of nitrogens with zero attached hydrogens (tertiary/aromatic N) is 3. The number of aromatic nitrogens is 2. The predicted molar refractivity (Wildman–Crippen MR) is 116 cm³/mol. The Bertz CT molecular complexity index is 793. The molecule has 1 aliphatic heterocycles. The van der Waals surface area contributed by atoms with Gasteiger partial charge in [0.15, 0.2) is 0 Å². The number of hydrogen-bond donors (Lipinski definition) is 1. The summed E-state index contributed by atoms with van der Waals surface area (Å²) in [7, 11) is 1.74. The first-order valence-corrected chi connectivity index (χ1v) is 11.4. The van der Waals surface area contributed by atoms with Gasteiger partial charge in [-0.2, -0.15) is 5.10 Å². The first kappa shape index (κ1) is 21.5. The Morgan fingerprint density at radius 1 is 1.40 bits per heavy atom. The summed E-state index contributed by atoms with van der Waals surface area (Å²) < 4.78 is 13.2. The third-order valence-corrected chi connectivity index (χ3v) is 6.70. The van der Waals surface area contributed by atoms with E-state index in [2.05, 4.69) is 41.7 Å². The Balaban J connectivity index is 1.54. The van der Waals surface area contributed by atoms with Crippen molar-refractivity contribution in [2.45, 2.75) is 64.6 Å². The van der Waals surface area contributed by atoms with Crippen molar-refractivity contribution >= 4 is 11.5 Å². The lowest BCUT2D eigenvalue weighted by atomic mass is 9.80. The van der Waals surface area contributed by atoms with Crippen LogP contribution in [0.3, 0.4) is 0 Å². The summed E-state index contributed by atoms with van der Waals surface area (Å²) in [6, 6.07) is 0.374. The highest BCUT2D eigenvalue weighted by Gasteiger charge is 2.40. The van der Waals surface area contributed by atoms with E-state index in [1.165, 1.54) is 16.8 Å². The molecule has 30 heavy (non-hydrogen) atoms. The molecule has 166 valence electrons. The molecule has 1 saturated heterocycles. The van der Waals surface area contributed by atoms with Gasteiger partial charge in [-0.05, 0) is 38.7 Å². The van der Waals surface area contributed by atoms with E-state index >= 15 is 0 Å². The number of aryl methyl sites for hydroxylation is 2. The number of hydrogen-bond acceptors (Lipinski definition) is 5. The van der Waals surface area contributed by atoms with Crippen LogP contribution in [-0.2, 0) is 20.8 Å². The van der Waals surface area contributed by atoms with Crippen molar-refractivity contribution in [1.82, 2.24) is 20.0 Å². The molecule has 2 fully saturated rings. The van der Waals surface area contributed by atoms with E-state index in [1.54, 1.807) is 7.11 Å². The van der Waals surface area contributed by atoms with Gasteiger partial charge in [-0.3, -0.25) is 9.48 Å². The van der Waals surface area contributed by atoms with E-state index in [4.69, 9.17) is 14.6 Å².